The number of rotatable bonds is 12. The third-order valence-electron chi connectivity index (χ3n) is 8.68. The molecule has 11 heteroatoms. The van der Waals surface area contributed by atoms with E-state index < -0.39 is 25.5 Å². The molecular weight excluding hydrogens is 639 g/mol. The van der Waals surface area contributed by atoms with Crippen LogP contribution in [0.3, 0.4) is 0 Å². The Morgan fingerprint density at radius 1 is 0.894 bits per heavy atom. The molecule has 1 atom stereocenters. The second-order valence-corrected chi connectivity index (χ2v) is 15.3. The third kappa shape index (κ3) is 7.23. The first-order chi connectivity index (χ1) is 22.4. The zero-order chi connectivity index (χ0) is 33.3. The number of hydrogen-bond acceptors (Lipinski definition) is 7. The number of benzene rings is 4. The molecule has 5 aromatic rings. The van der Waals surface area contributed by atoms with E-state index in [0.29, 0.717) is 49.6 Å². The largest absolute Gasteiger partial charge is 0.456 e. The molecule has 2 heterocycles. The van der Waals surface area contributed by atoms with Gasteiger partial charge in [-0.3, -0.25) is 9.11 Å². The van der Waals surface area contributed by atoms with Crippen LogP contribution in [0, 0.1) is 0 Å². The lowest BCUT2D eigenvalue weighted by Gasteiger charge is -2.21. The number of unbranched alkanes of at least 4 members (excludes halogenated alkanes) is 1. The minimum atomic E-state index is -4.21. The number of fused-ring (bicyclic) bond motifs is 5. The predicted molar refractivity (Wildman–Crippen MR) is 187 cm³/mol. The minimum absolute atomic E-state index is 0.179. The summed E-state index contributed by atoms with van der Waals surface area (Å²) in [6.07, 6.45) is 6.10. The highest BCUT2D eigenvalue weighted by atomic mass is 32.2. The minimum Gasteiger partial charge on any atom is -0.456 e. The van der Waals surface area contributed by atoms with E-state index in [1.807, 2.05) is 90.7 Å². The van der Waals surface area contributed by atoms with Crippen molar-refractivity contribution in [2.45, 2.75) is 51.2 Å². The van der Waals surface area contributed by atoms with Gasteiger partial charge in [0, 0.05) is 29.0 Å². The molecule has 0 spiro atoms. The van der Waals surface area contributed by atoms with Crippen molar-refractivity contribution >= 4 is 64.5 Å². The molecule has 0 fully saturated rings. The number of furan rings is 1. The van der Waals surface area contributed by atoms with Crippen molar-refractivity contribution in [3.05, 3.63) is 102 Å². The lowest BCUT2D eigenvalue weighted by Crippen LogP contribution is -2.27. The molecule has 1 aliphatic rings. The van der Waals surface area contributed by atoms with Gasteiger partial charge in [-0.2, -0.15) is 16.8 Å². The summed E-state index contributed by atoms with van der Waals surface area (Å²) < 4.78 is 78.1. The topological polar surface area (TPSA) is 134 Å². The Morgan fingerprint density at radius 2 is 1.60 bits per heavy atom. The lowest BCUT2D eigenvalue weighted by molar-refractivity contribution is 0.433. The Labute approximate surface area is 274 Å². The number of hydrogen-bond donors (Lipinski definition) is 2. The standard InChI is InChI=1S/C36H37NO8S2/c1-3-25(20-33-30(14-8-9-19-46(38,39)40)31-22-27-11-4-5-12-28(27)23-34(31)44-33)21-35-37(18-17-24(2)47(41,42)43)36-29-13-7-6-10-26(29)15-16-32(36)45-35/h4-7,10-13,15-16,20-24H,3,8-9,14,17-19H2,1-2H3,(H,38,39,40)(H,41,42,43)/b25-20+,35-21-. The average molecular weight is 676 g/mol. The van der Waals surface area contributed by atoms with Crippen molar-refractivity contribution in [1.29, 1.82) is 0 Å². The first-order valence-corrected chi connectivity index (χ1v) is 18.8. The van der Waals surface area contributed by atoms with E-state index in [1.165, 1.54) is 6.92 Å². The molecule has 9 nitrogen and oxygen atoms in total. The molecule has 0 saturated carbocycles. The van der Waals surface area contributed by atoms with Crippen LogP contribution >= 0.6 is 0 Å². The molecule has 1 aromatic heterocycles. The molecule has 2 N–H and O–H groups in total. The van der Waals surface area contributed by atoms with Crippen LogP contribution in [0.25, 0.3) is 38.6 Å². The van der Waals surface area contributed by atoms with Gasteiger partial charge < -0.3 is 14.1 Å². The van der Waals surface area contributed by atoms with Crippen LogP contribution in [0.1, 0.15) is 50.9 Å². The summed E-state index contributed by atoms with van der Waals surface area (Å²) in [4.78, 5) is 1.96. The third-order valence-corrected chi connectivity index (χ3v) is 10.7. The maximum absolute atomic E-state index is 11.9. The van der Waals surface area contributed by atoms with Crippen LogP contribution in [-0.4, -0.2) is 43.5 Å². The predicted octanol–water partition coefficient (Wildman–Crippen LogP) is 8.15. The zero-order valence-corrected chi connectivity index (χ0v) is 27.9. The fourth-order valence-electron chi connectivity index (χ4n) is 6.05. The first-order valence-electron chi connectivity index (χ1n) is 15.7. The number of allylic oxidation sites excluding steroid dienone is 2. The van der Waals surface area contributed by atoms with Gasteiger partial charge in [-0.25, -0.2) is 0 Å². The van der Waals surface area contributed by atoms with Gasteiger partial charge in [-0.05, 0) is 85.0 Å². The van der Waals surface area contributed by atoms with Gasteiger partial charge in [0.2, 0.25) is 5.88 Å². The lowest BCUT2D eigenvalue weighted by atomic mass is 10.0. The second-order valence-electron chi connectivity index (χ2n) is 11.9. The van der Waals surface area contributed by atoms with Crippen molar-refractivity contribution in [2.75, 3.05) is 17.2 Å². The fraction of sp³-hybridized carbons (Fsp3) is 0.278. The van der Waals surface area contributed by atoms with Gasteiger partial charge >= 0.3 is 0 Å². The van der Waals surface area contributed by atoms with E-state index in [1.54, 1.807) is 0 Å². The molecule has 0 aliphatic carbocycles. The van der Waals surface area contributed by atoms with Crippen molar-refractivity contribution < 1.29 is 35.1 Å². The quantitative estimate of drug-likeness (QED) is 0.0992. The summed E-state index contributed by atoms with van der Waals surface area (Å²) in [5.41, 5.74) is 3.40. The Bertz CT molecular complexity index is 2250. The van der Waals surface area contributed by atoms with Gasteiger partial charge in [0.1, 0.15) is 11.3 Å². The molecule has 0 radical (unpaired) electrons. The monoisotopic (exact) mass is 675 g/mol. The number of nitrogens with zero attached hydrogens (tertiary/aromatic N) is 1. The number of anilines is 1. The van der Waals surface area contributed by atoms with E-state index in [9.17, 15) is 25.9 Å². The summed E-state index contributed by atoms with van der Waals surface area (Å²) >= 11 is 0. The van der Waals surface area contributed by atoms with Crippen LogP contribution in [0.5, 0.6) is 5.75 Å². The molecular formula is C36H37NO8S2. The van der Waals surface area contributed by atoms with Gasteiger partial charge in [-0.1, -0.05) is 61.5 Å². The Hall–Kier alpha value is -4.16. The van der Waals surface area contributed by atoms with E-state index in [0.717, 1.165) is 49.3 Å². The molecule has 0 saturated heterocycles. The van der Waals surface area contributed by atoms with Crippen molar-refractivity contribution in [2.24, 2.45) is 0 Å². The SMILES string of the molecule is CCC(/C=C1\Oc2ccc3ccccc3c2N1CCC(C)S(=O)(=O)O)=C\c1oc2cc3ccccc3cc2c1CCCCS(=O)(=O)O. The van der Waals surface area contributed by atoms with Crippen LogP contribution in [0.15, 0.2) is 94.7 Å². The van der Waals surface area contributed by atoms with Crippen molar-refractivity contribution in [3.8, 4) is 5.75 Å². The van der Waals surface area contributed by atoms with E-state index in [2.05, 4.69) is 6.07 Å². The van der Waals surface area contributed by atoms with E-state index in [4.69, 9.17) is 9.15 Å². The molecule has 246 valence electrons. The Kier molecular flexibility index (Phi) is 9.17. The summed E-state index contributed by atoms with van der Waals surface area (Å²) in [6.45, 7) is 3.80. The smallest absolute Gasteiger partial charge is 0.267 e. The Balaban J connectivity index is 1.41. The van der Waals surface area contributed by atoms with Crippen LogP contribution in [0.2, 0.25) is 0 Å². The average Bonchev–Trinajstić information content (AvgIpc) is 3.55. The maximum atomic E-state index is 11.9. The van der Waals surface area contributed by atoms with Crippen LogP contribution < -0.4 is 9.64 Å². The van der Waals surface area contributed by atoms with Gasteiger partial charge in [-0.15, -0.1) is 0 Å². The summed E-state index contributed by atoms with van der Waals surface area (Å²) in [7, 11) is -8.26. The molecule has 0 bridgehead atoms. The highest BCUT2D eigenvalue weighted by Crippen LogP contribution is 2.45. The normalized spacial score (nSPS) is 15.5. The van der Waals surface area contributed by atoms with Crippen molar-refractivity contribution in [3.63, 3.8) is 0 Å². The van der Waals surface area contributed by atoms with Gasteiger partial charge in [0.05, 0.1) is 16.7 Å². The molecule has 1 unspecified atom stereocenters. The fourth-order valence-corrected chi connectivity index (χ4v) is 7.02. The highest BCUT2D eigenvalue weighted by Gasteiger charge is 2.30. The van der Waals surface area contributed by atoms with E-state index in [-0.39, 0.29) is 12.2 Å². The van der Waals surface area contributed by atoms with Gasteiger partial charge in [0.15, 0.2) is 5.75 Å². The number of ether oxygens (including phenoxy) is 1. The van der Waals surface area contributed by atoms with Crippen LogP contribution in [0.4, 0.5) is 5.69 Å². The first kappa shape index (κ1) is 32.8. The summed E-state index contributed by atoms with van der Waals surface area (Å²) in [5.74, 6) is 1.54. The zero-order valence-electron chi connectivity index (χ0n) is 26.2. The molecule has 1 aliphatic heterocycles. The molecule has 4 aromatic carbocycles. The van der Waals surface area contributed by atoms with Gasteiger partial charge in [0.25, 0.3) is 20.2 Å². The molecule has 47 heavy (non-hydrogen) atoms. The maximum Gasteiger partial charge on any atom is 0.267 e. The molecule has 6 rings (SSSR count). The summed E-state index contributed by atoms with van der Waals surface area (Å²) in [6, 6.07) is 23.9. The highest BCUT2D eigenvalue weighted by molar-refractivity contribution is 7.86. The van der Waals surface area contributed by atoms with E-state index >= 15 is 0 Å². The second kappa shape index (κ2) is 13.2. The van der Waals surface area contributed by atoms with Crippen LogP contribution in [-0.2, 0) is 26.7 Å². The van der Waals surface area contributed by atoms with Crippen molar-refractivity contribution in [1.82, 2.24) is 0 Å². The number of aryl methyl sites for hydroxylation is 1. The summed E-state index contributed by atoms with van der Waals surface area (Å²) in [5, 5.41) is 4.07. The Morgan fingerprint density at radius 3 is 2.30 bits per heavy atom. The molecule has 0 amide bonds.